The number of allylic oxidation sites excluding steroid dienone is 2. The lowest BCUT2D eigenvalue weighted by Crippen LogP contribution is -2.30. The van der Waals surface area contributed by atoms with E-state index in [9.17, 15) is 0 Å². The van der Waals surface area contributed by atoms with Gasteiger partial charge in [-0.1, -0.05) is 72.8 Å². The number of ether oxygens (including phenoxy) is 3. The minimum absolute atomic E-state index is 0.299. The number of hydrogen-bond acceptors (Lipinski definition) is 8. The number of benzene rings is 4. The predicted octanol–water partition coefficient (Wildman–Crippen LogP) is 7.06. The van der Waals surface area contributed by atoms with Crippen molar-refractivity contribution >= 4 is 11.1 Å². The number of aromatic nitrogens is 3. The van der Waals surface area contributed by atoms with Crippen LogP contribution in [0.5, 0.6) is 17.2 Å². The molecule has 0 bridgehead atoms. The van der Waals surface area contributed by atoms with Crippen LogP contribution in [0, 0.1) is 0 Å². The van der Waals surface area contributed by atoms with E-state index < -0.39 is 0 Å². The molecule has 6 rings (SSSR count). The minimum Gasteiger partial charge on any atom is -0.492 e. The summed E-state index contributed by atoms with van der Waals surface area (Å²) in [6, 6.07) is 34.1. The quantitative estimate of drug-likeness (QED) is 0.0964. The van der Waals surface area contributed by atoms with Crippen molar-refractivity contribution in [3.05, 3.63) is 131 Å². The van der Waals surface area contributed by atoms with E-state index >= 15 is 0 Å². The summed E-state index contributed by atoms with van der Waals surface area (Å²) >= 11 is 0. The van der Waals surface area contributed by atoms with Crippen molar-refractivity contribution in [2.24, 2.45) is 0 Å². The van der Waals surface area contributed by atoms with Crippen molar-refractivity contribution in [2.45, 2.75) is 32.9 Å². The van der Waals surface area contributed by atoms with E-state index in [0.29, 0.717) is 13.4 Å². The normalized spacial score (nSPS) is 12.9. The second-order valence-electron chi connectivity index (χ2n) is 13.5. The van der Waals surface area contributed by atoms with Crippen LogP contribution < -0.4 is 14.2 Å². The highest BCUT2D eigenvalue weighted by molar-refractivity contribution is 5.91. The second kappa shape index (κ2) is 17.3. The molecular weight excluding hydrogens is 637 g/mol. The molecule has 9 heteroatoms. The standard InChI is InChI=1S/C42H50N6O3/c1-6-39(34-10-8-7-9-11-34)40(35-15-19-38(20-16-35)49-25-24-45(2)3)26-32-12-17-37(18-13-32)48-30-36(43-44-48)29-47(5)23-22-46(4)28-33-14-21-41-42(27-33)51-31-50-41/h7-21,27,30H,6,22-26,28-29,31H2,1-5H3. The van der Waals surface area contributed by atoms with E-state index in [0.717, 1.165) is 74.2 Å². The molecule has 0 radical (unpaired) electrons. The van der Waals surface area contributed by atoms with Crippen LogP contribution in [0.4, 0.5) is 0 Å². The Bertz CT molecular complexity index is 1870. The minimum atomic E-state index is 0.299. The van der Waals surface area contributed by atoms with Crippen LogP contribution in [0.15, 0.2) is 103 Å². The molecule has 266 valence electrons. The molecule has 0 saturated carbocycles. The molecule has 0 saturated heterocycles. The lowest BCUT2D eigenvalue weighted by molar-refractivity contribution is 0.174. The van der Waals surface area contributed by atoms with Gasteiger partial charge in [0.25, 0.3) is 0 Å². The Labute approximate surface area is 302 Å². The van der Waals surface area contributed by atoms with Gasteiger partial charge in [0, 0.05) is 32.7 Å². The van der Waals surface area contributed by atoms with E-state index in [1.54, 1.807) is 0 Å². The number of rotatable bonds is 17. The highest BCUT2D eigenvalue weighted by Gasteiger charge is 2.15. The zero-order valence-electron chi connectivity index (χ0n) is 30.6. The zero-order chi connectivity index (χ0) is 35.6. The lowest BCUT2D eigenvalue weighted by Gasteiger charge is -2.21. The van der Waals surface area contributed by atoms with Gasteiger partial charge < -0.3 is 24.0 Å². The highest BCUT2D eigenvalue weighted by atomic mass is 16.7. The summed E-state index contributed by atoms with van der Waals surface area (Å²) in [6.07, 6.45) is 3.78. The molecule has 1 aliphatic rings. The summed E-state index contributed by atoms with van der Waals surface area (Å²) in [7, 11) is 8.38. The molecule has 0 aliphatic carbocycles. The van der Waals surface area contributed by atoms with Crippen molar-refractivity contribution < 1.29 is 14.2 Å². The van der Waals surface area contributed by atoms with Gasteiger partial charge in [-0.2, -0.15) is 0 Å². The first kappa shape index (κ1) is 35.9. The van der Waals surface area contributed by atoms with Crippen LogP contribution in [-0.2, 0) is 19.5 Å². The van der Waals surface area contributed by atoms with Gasteiger partial charge in [-0.05, 0) is 111 Å². The molecule has 9 nitrogen and oxygen atoms in total. The van der Waals surface area contributed by atoms with Crippen LogP contribution >= 0.6 is 0 Å². The molecule has 51 heavy (non-hydrogen) atoms. The topological polar surface area (TPSA) is 68.1 Å². The van der Waals surface area contributed by atoms with Crippen molar-refractivity contribution in [1.29, 1.82) is 0 Å². The average Bonchev–Trinajstić information content (AvgIpc) is 3.81. The fourth-order valence-corrected chi connectivity index (χ4v) is 6.31. The van der Waals surface area contributed by atoms with E-state index in [-0.39, 0.29) is 0 Å². The van der Waals surface area contributed by atoms with Crippen LogP contribution in [0.3, 0.4) is 0 Å². The molecule has 0 atom stereocenters. The van der Waals surface area contributed by atoms with Gasteiger partial charge in [0.05, 0.1) is 17.6 Å². The Hall–Kier alpha value is -4.96. The summed E-state index contributed by atoms with van der Waals surface area (Å²) in [5.41, 5.74) is 9.53. The first-order chi connectivity index (χ1) is 24.8. The van der Waals surface area contributed by atoms with Gasteiger partial charge in [0.15, 0.2) is 11.5 Å². The number of fused-ring (bicyclic) bond motifs is 1. The van der Waals surface area contributed by atoms with E-state index in [1.165, 1.54) is 33.4 Å². The summed E-state index contributed by atoms with van der Waals surface area (Å²) in [5, 5.41) is 8.95. The molecule has 1 aliphatic heterocycles. The number of likely N-dealkylation sites (N-methyl/N-ethyl adjacent to an activating group) is 3. The van der Waals surface area contributed by atoms with Crippen LogP contribution in [0.2, 0.25) is 0 Å². The van der Waals surface area contributed by atoms with Crippen LogP contribution in [0.25, 0.3) is 16.8 Å². The fraction of sp³-hybridized carbons (Fsp3) is 0.333. The summed E-state index contributed by atoms with van der Waals surface area (Å²) in [6.45, 7) is 7.49. The summed E-state index contributed by atoms with van der Waals surface area (Å²) in [4.78, 5) is 6.72. The Morgan fingerprint density at radius 2 is 1.41 bits per heavy atom. The van der Waals surface area contributed by atoms with Gasteiger partial charge in [0.1, 0.15) is 12.4 Å². The Kier molecular flexibility index (Phi) is 12.2. The average molecular weight is 687 g/mol. The molecule has 2 heterocycles. The molecular formula is C42H50N6O3. The molecule has 0 N–H and O–H groups in total. The fourth-order valence-electron chi connectivity index (χ4n) is 6.31. The van der Waals surface area contributed by atoms with Crippen molar-refractivity contribution in [1.82, 2.24) is 29.7 Å². The first-order valence-corrected chi connectivity index (χ1v) is 17.8. The van der Waals surface area contributed by atoms with Gasteiger partial charge in [-0.25, -0.2) is 4.68 Å². The molecule has 0 fully saturated rings. The molecule has 1 aromatic heterocycles. The van der Waals surface area contributed by atoms with Gasteiger partial charge >= 0.3 is 0 Å². The van der Waals surface area contributed by atoms with E-state index in [4.69, 9.17) is 14.2 Å². The zero-order valence-corrected chi connectivity index (χ0v) is 30.6. The molecule has 5 aromatic rings. The van der Waals surface area contributed by atoms with E-state index in [2.05, 4.69) is 151 Å². The van der Waals surface area contributed by atoms with Gasteiger partial charge in [-0.3, -0.25) is 4.90 Å². The smallest absolute Gasteiger partial charge is 0.231 e. The van der Waals surface area contributed by atoms with Gasteiger partial charge in [0.2, 0.25) is 6.79 Å². The molecule has 0 unspecified atom stereocenters. The maximum Gasteiger partial charge on any atom is 0.231 e. The summed E-state index contributed by atoms with van der Waals surface area (Å²) < 4.78 is 18.8. The second-order valence-corrected chi connectivity index (χ2v) is 13.5. The third-order valence-electron chi connectivity index (χ3n) is 9.16. The van der Waals surface area contributed by atoms with Crippen molar-refractivity contribution in [2.75, 3.05) is 61.2 Å². The predicted molar refractivity (Wildman–Crippen MR) is 204 cm³/mol. The van der Waals surface area contributed by atoms with E-state index in [1.807, 2.05) is 16.9 Å². The number of hydrogen-bond donors (Lipinski definition) is 0. The Balaban J connectivity index is 1.08. The monoisotopic (exact) mass is 686 g/mol. The van der Waals surface area contributed by atoms with Crippen LogP contribution in [0.1, 0.15) is 41.3 Å². The van der Waals surface area contributed by atoms with Crippen molar-refractivity contribution in [3.63, 3.8) is 0 Å². The lowest BCUT2D eigenvalue weighted by atomic mass is 9.88. The number of nitrogens with zero attached hydrogens (tertiary/aromatic N) is 6. The maximum absolute atomic E-state index is 5.99. The van der Waals surface area contributed by atoms with Crippen LogP contribution in [-0.4, -0.2) is 90.9 Å². The molecule has 4 aromatic carbocycles. The maximum atomic E-state index is 5.99. The SMILES string of the molecule is CCC(=C(Cc1ccc(-n2cc(CN(C)CCN(C)Cc3ccc4c(c3)OCO4)nn2)cc1)c1ccc(OCCN(C)C)cc1)c1ccccc1. The Morgan fingerprint density at radius 3 is 2.14 bits per heavy atom. The molecule has 0 spiro atoms. The van der Waals surface area contributed by atoms with Crippen molar-refractivity contribution in [3.8, 4) is 22.9 Å². The third-order valence-corrected chi connectivity index (χ3v) is 9.16. The summed E-state index contributed by atoms with van der Waals surface area (Å²) in [5.74, 6) is 2.54. The molecule has 0 amide bonds. The third kappa shape index (κ3) is 9.85. The first-order valence-electron chi connectivity index (χ1n) is 17.8. The largest absolute Gasteiger partial charge is 0.492 e. The highest BCUT2D eigenvalue weighted by Crippen LogP contribution is 2.34. The van der Waals surface area contributed by atoms with Gasteiger partial charge in [-0.15, -0.1) is 5.10 Å². The Morgan fingerprint density at radius 1 is 0.725 bits per heavy atom.